The van der Waals surface area contributed by atoms with Crippen molar-refractivity contribution in [3.05, 3.63) is 41.5 Å². The quantitative estimate of drug-likeness (QED) is 0.252. The van der Waals surface area contributed by atoms with Crippen molar-refractivity contribution in [2.45, 2.75) is 31.8 Å². The standard InChI is InChI=1S/C15H21N3O2/c1-20-14-9-11(7-8-13(14)15(16)18-19)10-17-12-5-3-2-4-6-12/h2-3,7-9,12,17,19H,4-6,10H2,1H3,(H2,16,18). The number of methoxy groups -OCH3 is 1. The highest BCUT2D eigenvalue weighted by Gasteiger charge is 2.11. The molecule has 20 heavy (non-hydrogen) atoms. The zero-order valence-corrected chi connectivity index (χ0v) is 11.7. The van der Waals surface area contributed by atoms with Crippen molar-refractivity contribution in [1.29, 1.82) is 0 Å². The van der Waals surface area contributed by atoms with Crippen LogP contribution in [0, 0.1) is 0 Å². The van der Waals surface area contributed by atoms with E-state index in [1.807, 2.05) is 18.2 Å². The number of hydrogen-bond acceptors (Lipinski definition) is 4. The molecule has 1 aromatic rings. The maximum atomic E-state index is 8.74. The summed E-state index contributed by atoms with van der Waals surface area (Å²) >= 11 is 0. The van der Waals surface area contributed by atoms with Crippen molar-refractivity contribution < 1.29 is 9.94 Å². The molecule has 1 atom stereocenters. The van der Waals surface area contributed by atoms with Gasteiger partial charge in [-0.2, -0.15) is 0 Å². The van der Waals surface area contributed by atoms with Gasteiger partial charge in [-0.1, -0.05) is 23.4 Å². The first-order chi connectivity index (χ1) is 9.74. The average molecular weight is 275 g/mol. The van der Waals surface area contributed by atoms with Gasteiger partial charge < -0.3 is 21.0 Å². The maximum Gasteiger partial charge on any atom is 0.173 e. The summed E-state index contributed by atoms with van der Waals surface area (Å²) in [5.74, 6) is 0.668. The van der Waals surface area contributed by atoms with Gasteiger partial charge in [-0.15, -0.1) is 0 Å². The average Bonchev–Trinajstić information content (AvgIpc) is 2.52. The highest BCUT2D eigenvalue weighted by molar-refractivity contribution is 5.99. The Labute approximate surface area is 119 Å². The lowest BCUT2D eigenvalue weighted by Crippen LogP contribution is -2.29. The van der Waals surface area contributed by atoms with Gasteiger partial charge in [-0.25, -0.2) is 0 Å². The summed E-state index contributed by atoms with van der Waals surface area (Å²) in [4.78, 5) is 0. The lowest BCUT2D eigenvalue weighted by Gasteiger charge is -2.19. The largest absolute Gasteiger partial charge is 0.496 e. The molecule has 1 aliphatic rings. The first-order valence-electron chi connectivity index (χ1n) is 6.77. The van der Waals surface area contributed by atoms with Gasteiger partial charge in [-0.05, 0) is 37.0 Å². The molecule has 1 aliphatic carbocycles. The second-order valence-electron chi connectivity index (χ2n) is 4.88. The lowest BCUT2D eigenvalue weighted by molar-refractivity contribution is 0.318. The maximum absolute atomic E-state index is 8.74. The Hall–Kier alpha value is -2.01. The first kappa shape index (κ1) is 14.4. The molecule has 1 unspecified atom stereocenters. The minimum atomic E-state index is 0.0544. The zero-order valence-electron chi connectivity index (χ0n) is 11.7. The van der Waals surface area contributed by atoms with E-state index in [1.54, 1.807) is 7.11 Å². The fraction of sp³-hybridized carbons (Fsp3) is 0.400. The predicted octanol–water partition coefficient (Wildman–Crippen LogP) is 1.99. The molecular weight excluding hydrogens is 254 g/mol. The normalized spacial score (nSPS) is 19.1. The second kappa shape index (κ2) is 6.96. The molecular formula is C15H21N3O2. The first-order valence-corrected chi connectivity index (χ1v) is 6.77. The van der Waals surface area contributed by atoms with Gasteiger partial charge in [0.05, 0.1) is 12.7 Å². The Bertz CT molecular complexity index is 512. The summed E-state index contributed by atoms with van der Waals surface area (Å²) in [6.45, 7) is 0.783. The fourth-order valence-electron chi connectivity index (χ4n) is 2.35. The number of oxime groups is 1. The Kier molecular flexibility index (Phi) is 5.01. The van der Waals surface area contributed by atoms with Crippen LogP contribution in [0.4, 0.5) is 0 Å². The number of nitrogens with one attached hydrogen (secondary N) is 1. The van der Waals surface area contributed by atoms with E-state index in [2.05, 4.69) is 22.6 Å². The number of hydrogen-bond donors (Lipinski definition) is 3. The van der Waals surface area contributed by atoms with Crippen molar-refractivity contribution in [3.8, 4) is 5.75 Å². The molecule has 4 N–H and O–H groups in total. The molecule has 0 heterocycles. The molecule has 2 rings (SSSR count). The Morgan fingerprint density at radius 3 is 3.00 bits per heavy atom. The summed E-state index contributed by atoms with van der Waals surface area (Å²) in [6, 6.07) is 6.22. The number of amidine groups is 1. The van der Waals surface area contributed by atoms with Crippen LogP contribution in [-0.2, 0) is 6.54 Å². The number of ether oxygens (including phenoxy) is 1. The van der Waals surface area contributed by atoms with Gasteiger partial charge in [-0.3, -0.25) is 0 Å². The predicted molar refractivity (Wildman–Crippen MR) is 79.1 cm³/mol. The third-order valence-corrected chi connectivity index (χ3v) is 3.51. The van der Waals surface area contributed by atoms with Crippen LogP contribution >= 0.6 is 0 Å². The van der Waals surface area contributed by atoms with Gasteiger partial charge in [0.25, 0.3) is 0 Å². The molecule has 1 aromatic carbocycles. The van der Waals surface area contributed by atoms with E-state index in [0.717, 1.165) is 24.9 Å². The monoisotopic (exact) mass is 275 g/mol. The Morgan fingerprint density at radius 1 is 1.50 bits per heavy atom. The van der Waals surface area contributed by atoms with Gasteiger partial charge >= 0.3 is 0 Å². The molecule has 0 amide bonds. The fourth-order valence-corrected chi connectivity index (χ4v) is 2.35. The summed E-state index contributed by atoms with van der Waals surface area (Å²) in [5, 5.41) is 15.3. The second-order valence-corrected chi connectivity index (χ2v) is 4.88. The van der Waals surface area contributed by atoms with Crippen molar-refractivity contribution in [1.82, 2.24) is 5.32 Å². The number of benzene rings is 1. The molecule has 0 aromatic heterocycles. The van der Waals surface area contributed by atoms with Gasteiger partial charge in [0.1, 0.15) is 5.75 Å². The number of nitrogens with two attached hydrogens (primary N) is 1. The van der Waals surface area contributed by atoms with E-state index in [0.29, 0.717) is 17.4 Å². The molecule has 0 spiro atoms. The van der Waals surface area contributed by atoms with Crippen LogP contribution in [0.3, 0.4) is 0 Å². The number of rotatable bonds is 5. The Balaban J connectivity index is 2.03. The SMILES string of the molecule is COc1cc(CNC2CC=CCC2)ccc1/C(N)=N/O. The van der Waals surface area contributed by atoms with Crippen LogP contribution in [0.5, 0.6) is 5.75 Å². The third-order valence-electron chi connectivity index (χ3n) is 3.51. The molecule has 0 bridgehead atoms. The topological polar surface area (TPSA) is 79.9 Å². The molecule has 0 radical (unpaired) electrons. The van der Waals surface area contributed by atoms with Gasteiger partial charge in [0.2, 0.25) is 0 Å². The van der Waals surface area contributed by atoms with E-state index in [9.17, 15) is 0 Å². The van der Waals surface area contributed by atoms with E-state index >= 15 is 0 Å². The molecule has 5 nitrogen and oxygen atoms in total. The van der Waals surface area contributed by atoms with E-state index in [-0.39, 0.29) is 5.84 Å². The highest BCUT2D eigenvalue weighted by Crippen LogP contribution is 2.20. The summed E-state index contributed by atoms with van der Waals surface area (Å²) < 4.78 is 5.29. The van der Waals surface area contributed by atoms with Crippen LogP contribution < -0.4 is 15.8 Å². The summed E-state index contributed by atoms with van der Waals surface area (Å²) in [5.41, 5.74) is 7.32. The Morgan fingerprint density at radius 2 is 2.35 bits per heavy atom. The third kappa shape index (κ3) is 3.51. The lowest BCUT2D eigenvalue weighted by atomic mass is 10.0. The molecule has 108 valence electrons. The molecule has 5 heteroatoms. The van der Waals surface area contributed by atoms with Crippen LogP contribution in [0.25, 0.3) is 0 Å². The minimum Gasteiger partial charge on any atom is -0.496 e. The van der Waals surface area contributed by atoms with E-state index in [4.69, 9.17) is 15.7 Å². The van der Waals surface area contributed by atoms with Crippen molar-refractivity contribution >= 4 is 5.84 Å². The summed E-state index contributed by atoms with van der Waals surface area (Å²) in [7, 11) is 1.58. The van der Waals surface area contributed by atoms with E-state index < -0.39 is 0 Å². The smallest absolute Gasteiger partial charge is 0.173 e. The van der Waals surface area contributed by atoms with Gasteiger partial charge in [0.15, 0.2) is 5.84 Å². The highest BCUT2D eigenvalue weighted by atomic mass is 16.5. The van der Waals surface area contributed by atoms with Crippen molar-refractivity contribution in [3.63, 3.8) is 0 Å². The van der Waals surface area contributed by atoms with Crippen molar-refractivity contribution in [2.75, 3.05) is 7.11 Å². The molecule has 0 saturated carbocycles. The van der Waals surface area contributed by atoms with Crippen LogP contribution in [-0.4, -0.2) is 24.2 Å². The van der Waals surface area contributed by atoms with Gasteiger partial charge in [0, 0.05) is 12.6 Å². The molecule has 0 saturated heterocycles. The number of nitrogens with zero attached hydrogens (tertiary/aromatic N) is 1. The molecule has 0 fully saturated rings. The molecule has 0 aliphatic heterocycles. The van der Waals surface area contributed by atoms with Crippen LogP contribution in [0.1, 0.15) is 30.4 Å². The number of allylic oxidation sites excluding steroid dienone is 1. The summed E-state index contributed by atoms with van der Waals surface area (Å²) in [6.07, 6.45) is 7.86. The van der Waals surface area contributed by atoms with E-state index in [1.165, 1.54) is 6.42 Å². The van der Waals surface area contributed by atoms with Crippen molar-refractivity contribution in [2.24, 2.45) is 10.9 Å². The van der Waals surface area contributed by atoms with Crippen LogP contribution in [0.2, 0.25) is 0 Å². The van der Waals surface area contributed by atoms with Crippen LogP contribution in [0.15, 0.2) is 35.5 Å². The zero-order chi connectivity index (χ0) is 14.4. The minimum absolute atomic E-state index is 0.0544.